The largest absolute Gasteiger partial charge is 2.00 e. The first-order valence-electron chi connectivity index (χ1n) is 4.81. The van der Waals surface area contributed by atoms with Gasteiger partial charge >= 0.3 is 23.1 Å². The Balaban J connectivity index is 0.00000112. The van der Waals surface area contributed by atoms with E-state index in [1.807, 2.05) is 12.1 Å². The number of rotatable bonds is 2. The molecule has 0 saturated heterocycles. The smallest absolute Gasteiger partial charge is 1.00 e. The summed E-state index contributed by atoms with van der Waals surface area (Å²) in [5.41, 5.74) is 2.53. The van der Waals surface area contributed by atoms with Gasteiger partial charge in [0.2, 0.25) is 0 Å². The summed E-state index contributed by atoms with van der Waals surface area (Å²) in [7, 11) is 0. The van der Waals surface area contributed by atoms with Gasteiger partial charge in [-0.3, -0.25) is 0 Å². The number of hydrogen-bond donors (Lipinski definition) is 0. The maximum absolute atomic E-state index is 4.18. The van der Waals surface area contributed by atoms with Crippen LogP contribution in [0.2, 0.25) is 0 Å². The van der Waals surface area contributed by atoms with Gasteiger partial charge in [0.15, 0.2) is 0 Å². The van der Waals surface area contributed by atoms with E-state index in [2.05, 4.69) is 55.5 Å². The molecule has 0 fully saturated rings. The average molecular weight is 241 g/mol. The van der Waals surface area contributed by atoms with Crippen molar-refractivity contribution in [3.8, 4) is 0 Å². The van der Waals surface area contributed by atoms with E-state index in [0.717, 1.165) is 0 Å². The van der Waals surface area contributed by atoms with E-state index >= 15 is 0 Å². The summed E-state index contributed by atoms with van der Waals surface area (Å²) in [5, 5.41) is 0. The Bertz CT molecular complexity index is 346. The van der Waals surface area contributed by atoms with Crippen LogP contribution in [0.25, 0.3) is 0 Å². The van der Waals surface area contributed by atoms with Crippen LogP contribution in [0.3, 0.4) is 0 Å². The van der Waals surface area contributed by atoms with Gasteiger partial charge in [-0.05, 0) is 0 Å². The van der Waals surface area contributed by atoms with Crippen molar-refractivity contribution in [3.05, 3.63) is 78.7 Å². The fourth-order valence-electron chi connectivity index (χ4n) is 1.56. The van der Waals surface area contributed by atoms with Gasteiger partial charge in [-0.15, -0.1) is 5.92 Å². The normalized spacial score (nSPS) is 9.12. The maximum Gasteiger partial charge on any atom is 2.00 e. The van der Waals surface area contributed by atoms with Crippen LogP contribution in [0, 0.1) is 6.92 Å². The minimum atomic E-state index is 0. The van der Waals surface area contributed by atoms with Crippen LogP contribution in [0.1, 0.15) is 17.0 Å². The molecule has 0 aromatic heterocycles. The van der Waals surface area contributed by atoms with Gasteiger partial charge in [-0.2, -0.15) is 0 Å². The van der Waals surface area contributed by atoms with E-state index in [1.165, 1.54) is 11.1 Å². The zero-order valence-corrected chi connectivity index (χ0v) is 11.3. The molecule has 0 amide bonds. The first-order chi connectivity index (χ1) is 6.88. The van der Waals surface area contributed by atoms with Crippen molar-refractivity contribution >= 4 is 23.1 Å². The zero-order chi connectivity index (χ0) is 9.80. The zero-order valence-electron chi connectivity index (χ0n) is 9.14. The first kappa shape index (κ1) is 15.5. The van der Waals surface area contributed by atoms with E-state index < -0.39 is 0 Å². The third-order valence-electron chi connectivity index (χ3n) is 2.40. The minimum absolute atomic E-state index is 0. The van der Waals surface area contributed by atoms with Crippen molar-refractivity contribution in [3.63, 3.8) is 0 Å². The van der Waals surface area contributed by atoms with Crippen molar-refractivity contribution in [1.82, 2.24) is 0 Å². The fraction of sp³-hybridized carbons (Fsp3) is 0.0714. The molecule has 2 rings (SSSR count). The maximum atomic E-state index is 4.18. The summed E-state index contributed by atoms with van der Waals surface area (Å²) in [6, 6.07) is 20.7. The fourth-order valence-corrected chi connectivity index (χ4v) is 1.56. The molecule has 0 radical (unpaired) electrons. The molecule has 0 saturated carbocycles. The molecular formula is C14H13ClMg. The molecule has 2 heteroatoms. The Morgan fingerprint density at radius 2 is 1.00 bits per heavy atom. The molecule has 16 heavy (non-hydrogen) atoms. The first-order valence-corrected chi connectivity index (χ1v) is 4.81. The molecule has 0 heterocycles. The molecule has 0 aliphatic carbocycles. The predicted octanol–water partition coefficient (Wildman–Crippen LogP) is 0.276. The molecule has 0 spiro atoms. The van der Waals surface area contributed by atoms with Gasteiger partial charge in [-0.1, -0.05) is 71.8 Å². The molecular weight excluding hydrogens is 228 g/mol. The van der Waals surface area contributed by atoms with Gasteiger partial charge in [0.25, 0.3) is 0 Å². The molecule has 0 unspecified atom stereocenters. The summed E-state index contributed by atoms with van der Waals surface area (Å²) in [6.45, 7) is 4.18. The van der Waals surface area contributed by atoms with Crippen molar-refractivity contribution in [1.29, 1.82) is 0 Å². The molecule has 78 valence electrons. The van der Waals surface area contributed by atoms with Crippen molar-refractivity contribution in [2.24, 2.45) is 0 Å². The second-order valence-electron chi connectivity index (χ2n) is 3.37. The Labute approximate surface area is 120 Å². The molecule has 0 N–H and O–H groups in total. The van der Waals surface area contributed by atoms with Crippen LogP contribution >= 0.6 is 0 Å². The second kappa shape index (κ2) is 7.72. The Kier molecular flexibility index (Phi) is 7.48. The van der Waals surface area contributed by atoms with Crippen LogP contribution in [-0.4, -0.2) is 23.1 Å². The van der Waals surface area contributed by atoms with Crippen LogP contribution in [0.15, 0.2) is 60.7 Å². The molecule has 0 atom stereocenters. The third-order valence-corrected chi connectivity index (χ3v) is 2.40. The summed E-state index contributed by atoms with van der Waals surface area (Å²) in [6.07, 6.45) is 0. The summed E-state index contributed by atoms with van der Waals surface area (Å²) >= 11 is 0. The van der Waals surface area contributed by atoms with E-state index in [-0.39, 0.29) is 41.4 Å². The van der Waals surface area contributed by atoms with Crippen LogP contribution in [-0.2, 0) is 0 Å². The van der Waals surface area contributed by atoms with Crippen LogP contribution < -0.4 is 12.4 Å². The summed E-state index contributed by atoms with van der Waals surface area (Å²) in [4.78, 5) is 0. The Morgan fingerprint density at radius 1 is 0.688 bits per heavy atom. The van der Waals surface area contributed by atoms with Crippen molar-refractivity contribution in [2.45, 2.75) is 5.92 Å². The van der Waals surface area contributed by atoms with Crippen LogP contribution in [0.5, 0.6) is 0 Å². The monoisotopic (exact) mass is 240 g/mol. The van der Waals surface area contributed by atoms with E-state index in [1.54, 1.807) is 0 Å². The van der Waals surface area contributed by atoms with E-state index in [0.29, 0.717) is 0 Å². The Morgan fingerprint density at radius 3 is 1.31 bits per heavy atom. The molecule has 2 aromatic rings. The molecule has 0 nitrogen and oxygen atoms in total. The Hall–Kier alpha value is -0.504. The minimum Gasteiger partial charge on any atom is -1.00 e. The summed E-state index contributed by atoms with van der Waals surface area (Å²) < 4.78 is 0. The molecule has 2 aromatic carbocycles. The average Bonchev–Trinajstić information content (AvgIpc) is 2.30. The van der Waals surface area contributed by atoms with Crippen molar-refractivity contribution < 1.29 is 12.4 Å². The van der Waals surface area contributed by atoms with E-state index in [4.69, 9.17) is 0 Å². The quantitative estimate of drug-likeness (QED) is 0.523. The third kappa shape index (κ3) is 3.82. The van der Waals surface area contributed by atoms with Gasteiger partial charge in [0.05, 0.1) is 0 Å². The van der Waals surface area contributed by atoms with Gasteiger partial charge < -0.3 is 19.3 Å². The van der Waals surface area contributed by atoms with Gasteiger partial charge in [-0.25, -0.2) is 0 Å². The van der Waals surface area contributed by atoms with Gasteiger partial charge in [0, 0.05) is 0 Å². The molecule has 0 bridgehead atoms. The predicted molar refractivity (Wildman–Crippen MR) is 65.8 cm³/mol. The second-order valence-corrected chi connectivity index (χ2v) is 3.37. The van der Waals surface area contributed by atoms with Crippen LogP contribution in [0.4, 0.5) is 0 Å². The SMILES string of the molecule is [CH2-]C(c1ccccc1)c1ccccc1.[Cl-].[Mg+2]. The molecule has 0 aliphatic rings. The topological polar surface area (TPSA) is 0 Å². The number of halogens is 1. The van der Waals surface area contributed by atoms with Gasteiger partial charge in [0.1, 0.15) is 0 Å². The molecule has 0 aliphatic heterocycles. The standard InChI is InChI=1S/C14H13.ClH.Mg/c1-12(13-8-4-2-5-9-13)14-10-6-3-7-11-14;;/h2-12H,1H2;1H;/q-1;;+2/p-1. The van der Waals surface area contributed by atoms with E-state index in [9.17, 15) is 0 Å². The summed E-state index contributed by atoms with van der Waals surface area (Å²) in [5.74, 6) is 0.234. The van der Waals surface area contributed by atoms with Crippen molar-refractivity contribution in [2.75, 3.05) is 0 Å². The number of benzene rings is 2. The number of hydrogen-bond acceptors (Lipinski definition) is 0.